The van der Waals surface area contributed by atoms with Crippen molar-refractivity contribution in [1.82, 2.24) is 14.8 Å². The van der Waals surface area contributed by atoms with Gasteiger partial charge in [0.2, 0.25) is 0 Å². The predicted octanol–water partition coefficient (Wildman–Crippen LogP) is 3.45. The number of carboxylic acids is 1. The molecule has 3 rings (SSSR count). The molecule has 2 aromatic heterocycles. The summed E-state index contributed by atoms with van der Waals surface area (Å²) in [6, 6.07) is 8.50. The van der Waals surface area contributed by atoms with Crippen LogP contribution in [0.3, 0.4) is 0 Å². The zero-order chi connectivity index (χ0) is 16.8. The van der Waals surface area contributed by atoms with Gasteiger partial charge in [0, 0.05) is 11.1 Å². The van der Waals surface area contributed by atoms with E-state index in [0.717, 1.165) is 0 Å². The number of aromatic nitrogens is 3. The molecule has 0 bridgehead atoms. The van der Waals surface area contributed by atoms with Crippen molar-refractivity contribution in [3.63, 3.8) is 0 Å². The van der Waals surface area contributed by atoms with Crippen LogP contribution in [0, 0.1) is 6.92 Å². The molecule has 3 aromatic rings. The van der Waals surface area contributed by atoms with Crippen LogP contribution in [-0.4, -0.2) is 25.8 Å². The standard InChI is InChI=1S/C15H10F3N3O2/c1-8-6-9-4-2-3-5-10(9)13(20-8)21-12(15(16,17)18)11(7-19-21)14(22)23/h2-7H,1H3,(H,22,23). The fourth-order valence-electron chi connectivity index (χ4n) is 2.41. The van der Waals surface area contributed by atoms with Crippen LogP contribution in [0.4, 0.5) is 13.2 Å². The maximum Gasteiger partial charge on any atom is 0.434 e. The predicted molar refractivity (Wildman–Crippen MR) is 75.6 cm³/mol. The zero-order valence-corrected chi connectivity index (χ0v) is 11.8. The van der Waals surface area contributed by atoms with E-state index < -0.39 is 23.4 Å². The topological polar surface area (TPSA) is 68.0 Å². The van der Waals surface area contributed by atoms with Crippen LogP contribution in [0.15, 0.2) is 36.5 Å². The Balaban J connectivity index is 2.39. The van der Waals surface area contributed by atoms with Crippen molar-refractivity contribution in [3.05, 3.63) is 53.5 Å². The molecule has 0 saturated carbocycles. The van der Waals surface area contributed by atoms with Gasteiger partial charge in [0.15, 0.2) is 11.5 Å². The molecule has 2 heterocycles. The quantitative estimate of drug-likeness (QED) is 0.785. The van der Waals surface area contributed by atoms with Crippen molar-refractivity contribution >= 4 is 16.7 Å². The highest BCUT2D eigenvalue weighted by molar-refractivity contribution is 5.91. The summed E-state index contributed by atoms with van der Waals surface area (Å²) in [5, 5.41) is 13.7. The molecule has 1 N–H and O–H groups in total. The molecule has 0 amide bonds. The molecule has 0 aliphatic carbocycles. The Bertz CT molecular complexity index is 916. The number of hydrogen-bond acceptors (Lipinski definition) is 3. The first kappa shape index (κ1) is 15.0. The van der Waals surface area contributed by atoms with Gasteiger partial charge < -0.3 is 5.11 Å². The Morgan fingerprint density at radius 1 is 1.26 bits per heavy atom. The molecule has 0 saturated heterocycles. The number of nitrogens with zero attached hydrogens (tertiary/aromatic N) is 3. The van der Waals surface area contributed by atoms with Crippen LogP contribution < -0.4 is 0 Å². The van der Waals surface area contributed by atoms with Crippen LogP contribution >= 0.6 is 0 Å². The van der Waals surface area contributed by atoms with E-state index in [2.05, 4.69) is 10.1 Å². The third kappa shape index (κ3) is 2.52. The SMILES string of the molecule is Cc1cc2ccccc2c(-n2ncc(C(=O)O)c2C(F)(F)F)n1. The number of hydrogen-bond donors (Lipinski definition) is 1. The summed E-state index contributed by atoms with van der Waals surface area (Å²) in [7, 11) is 0. The number of aromatic carboxylic acids is 1. The second-order valence-electron chi connectivity index (χ2n) is 4.93. The zero-order valence-electron chi connectivity index (χ0n) is 11.8. The Hall–Kier alpha value is -2.90. The Labute approximate surface area is 128 Å². The molecule has 1 aromatic carbocycles. The smallest absolute Gasteiger partial charge is 0.434 e. The van der Waals surface area contributed by atoms with Crippen LogP contribution in [0.25, 0.3) is 16.6 Å². The van der Waals surface area contributed by atoms with Gasteiger partial charge in [-0.3, -0.25) is 0 Å². The van der Waals surface area contributed by atoms with Crippen LogP contribution in [0.5, 0.6) is 0 Å². The average molecular weight is 321 g/mol. The normalized spacial score (nSPS) is 11.8. The number of carboxylic acid groups (broad SMARTS) is 1. The van der Waals surface area contributed by atoms with E-state index in [1.165, 1.54) is 0 Å². The molecule has 23 heavy (non-hydrogen) atoms. The highest BCUT2D eigenvalue weighted by Crippen LogP contribution is 2.34. The first-order valence-electron chi connectivity index (χ1n) is 6.54. The van der Waals surface area contributed by atoms with Gasteiger partial charge in [-0.2, -0.15) is 18.3 Å². The fourth-order valence-corrected chi connectivity index (χ4v) is 2.41. The first-order chi connectivity index (χ1) is 10.8. The van der Waals surface area contributed by atoms with Crippen LogP contribution in [-0.2, 0) is 6.18 Å². The van der Waals surface area contributed by atoms with Crippen LogP contribution in [0.2, 0.25) is 0 Å². The van der Waals surface area contributed by atoms with Gasteiger partial charge in [-0.25, -0.2) is 14.5 Å². The summed E-state index contributed by atoms with van der Waals surface area (Å²) >= 11 is 0. The van der Waals surface area contributed by atoms with E-state index in [0.29, 0.717) is 27.3 Å². The van der Waals surface area contributed by atoms with Crippen molar-refractivity contribution in [3.8, 4) is 5.82 Å². The van der Waals surface area contributed by atoms with Crippen molar-refractivity contribution in [2.75, 3.05) is 0 Å². The number of carbonyl (C=O) groups is 1. The lowest BCUT2D eigenvalue weighted by molar-refractivity contribution is -0.143. The number of aryl methyl sites for hydroxylation is 1. The Kier molecular flexibility index (Phi) is 3.32. The second-order valence-corrected chi connectivity index (χ2v) is 4.93. The molecule has 0 unspecified atom stereocenters. The summed E-state index contributed by atoms with van der Waals surface area (Å²) in [6.45, 7) is 1.64. The molecule has 0 radical (unpaired) electrons. The number of halogens is 3. The highest BCUT2D eigenvalue weighted by Gasteiger charge is 2.41. The minimum absolute atomic E-state index is 0.0552. The van der Waals surface area contributed by atoms with Crippen molar-refractivity contribution in [2.24, 2.45) is 0 Å². The molecule has 0 spiro atoms. The van der Waals surface area contributed by atoms with Gasteiger partial charge in [0.05, 0.1) is 6.20 Å². The summed E-state index contributed by atoms with van der Waals surface area (Å²) in [4.78, 5) is 15.2. The number of fused-ring (bicyclic) bond motifs is 1. The monoisotopic (exact) mass is 321 g/mol. The summed E-state index contributed by atoms with van der Waals surface area (Å²) in [5.41, 5.74) is -1.77. The Morgan fingerprint density at radius 2 is 1.96 bits per heavy atom. The summed E-state index contributed by atoms with van der Waals surface area (Å²) in [6.07, 6.45) is -4.19. The van der Waals surface area contributed by atoms with E-state index in [1.54, 1.807) is 37.3 Å². The number of rotatable bonds is 2. The lowest BCUT2D eigenvalue weighted by atomic mass is 10.1. The second kappa shape index (κ2) is 5.08. The lowest BCUT2D eigenvalue weighted by Gasteiger charge is -2.13. The van der Waals surface area contributed by atoms with Gasteiger partial charge in [-0.15, -0.1) is 0 Å². The van der Waals surface area contributed by atoms with E-state index in [-0.39, 0.29) is 5.82 Å². The van der Waals surface area contributed by atoms with E-state index in [9.17, 15) is 18.0 Å². The van der Waals surface area contributed by atoms with Gasteiger partial charge >= 0.3 is 12.1 Å². The molecule has 0 aliphatic rings. The summed E-state index contributed by atoms with van der Waals surface area (Å²) < 4.78 is 40.6. The number of alkyl halides is 3. The third-order valence-electron chi connectivity index (χ3n) is 3.32. The molecule has 0 atom stereocenters. The van der Waals surface area contributed by atoms with Crippen molar-refractivity contribution in [1.29, 1.82) is 0 Å². The largest absolute Gasteiger partial charge is 0.478 e. The van der Waals surface area contributed by atoms with Gasteiger partial charge in [0.1, 0.15) is 5.56 Å². The number of pyridine rings is 1. The van der Waals surface area contributed by atoms with Crippen molar-refractivity contribution < 1.29 is 23.1 Å². The fraction of sp³-hybridized carbons (Fsp3) is 0.133. The summed E-state index contributed by atoms with van der Waals surface area (Å²) in [5.74, 6) is -1.75. The molecule has 0 fully saturated rings. The molecular weight excluding hydrogens is 311 g/mol. The minimum atomic E-state index is -4.88. The molecule has 5 nitrogen and oxygen atoms in total. The number of benzene rings is 1. The first-order valence-corrected chi connectivity index (χ1v) is 6.54. The van der Waals surface area contributed by atoms with Gasteiger partial charge in [0.25, 0.3) is 0 Å². The molecule has 118 valence electrons. The maximum atomic E-state index is 13.3. The molecular formula is C15H10F3N3O2. The molecule has 0 aliphatic heterocycles. The third-order valence-corrected chi connectivity index (χ3v) is 3.32. The minimum Gasteiger partial charge on any atom is -0.478 e. The van der Waals surface area contributed by atoms with Crippen LogP contribution in [0.1, 0.15) is 21.7 Å². The van der Waals surface area contributed by atoms with Crippen molar-refractivity contribution in [2.45, 2.75) is 13.1 Å². The maximum absolute atomic E-state index is 13.3. The van der Waals surface area contributed by atoms with E-state index in [1.807, 2.05) is 0 Å². The molecule has 8 heteroatoms. The highest BCUT2D eigenvalue weighted by atomic mass is 19.4. The Morgan fingerprint density at radius 3 is 2.61 bits per heavy atom. The van der Waals surface area contributed by atoms with Gasteiger partial charge in [-0.05, 0) is 18.4 Å². The van der Waals surface area contributed by atoms with E-state index >= 15 is 0 Å². The average Bonchev–Trinajstić information content (AvgIpc) is 2.91. The van der Waals surface area contributed by atoms with E-state index in [4.69, 9.17) is 5.11 Å². The van der Waals surface area contributed by atoms with Gasteiger partial charge in [-0.1, -0.05) is 24.3 Å². The lowest BCUT2D eigenvalue weighted by Crippen LogP contribution is -2.18.